The van der Waals surface area contributed by atoms with E-state index in [4.69, 9.17) is 0 Å². The zero-order chi connectivity index (χ0) is 21.5. The highest BCUT2D eigenvalue weighted by molar-refractivity contribution is 5.78. The number of amides is 2. The summed E-state index contributed by atoms with van der Waals surface area (Å²) in [4.78, 5) is 28.8. The van der Waals surface area contributed by atoms with Gasteiger partial charge in [0.1, 0.15) is 0 Å². The maximum atomic E-state index is 12.6. The van der Waals surface area contributed by atoms with Crippen molar-refractivity contribution in [1.82, 2.24) is 9.80 Å². The average molecular weight is 419 g/mol. The van der Waals surface area contributed by atoms with Gasteiger partial charge in [-0.3, -0.25) is 9.59 Å². The minimum atomic E-state index is 0.248. The molecule has 0 saturated carbocycles. The lowest BCUT2D eigenvalue weighted by Gasteiger charge is -2.32. The third-order valence-electron chi connectivity index (χ3n) is 6.80. The molecule has 2 saturated heterocycles. The number of nitrogens with zero attached hydrogens (tertiary/aromatic N) is 2. The molecule has 2 heterocycles. The monoisotopic (exact) mass is 418 g/mol. The number of carbonyl (C=O) groups is 2. The summed E-state index contributed by atoms with van der Waals surface area (Å²) >= 11 is 0. The summed E-state index contributed by atoms with van der Waals surface area (Å²) in [5.74, 6) is 1.19. The molecule has 0 aliphatic carbocycles. The van der Waals surface area contributed by atoms with Gasteiger partial charge in [-0.2, -0.15) is 0 Å². The number of hydrogen-bond acceptors (Lipinski definition) is 2. The van der Waals surface area contributed by atoms with Gasteiger partial charge < -0.3 is 9.80 Å². The molecule has 2 aliphatic heterocycles. The van der Waals surface area contributed by atoms with Crippen molar-refractivity contribution in [2.75, 3.05) is 26.2 Å². The highest BCUT2D eigenvalue weighted by Crippen LogP contribution is 2.23. The zero-order valence-corrected chi connectivity index (χ0v) is 18.5. The predicted molar refractivity (Wildman–Crippen MR) is 124 cm³/mol. The molecule has 0 N–H and O–H groups in total. The fraction of sp³-hybridized carbons (Fsp3) is 0.481. The van der Waals surface area contributed by atoms with E-state index in [0.29, 0.717) is 24.7 Å². The van der Waals surface area contributed by atoms with Gasteiger partial charge >= 0.3 is 0 Å². The van der Waals surface area contributed by atoms with Crippen LogP contribution < -0.4 is 0 Å². The van der Waals surface area contributed by atoms with E-state index in [1.54, 1.807) is 0 Å². The highest BCUT2D eigenvalue weighted by Gasteiger charge is 2.23. The zero-order valence-electron chi connectivity index (χ0n) is 18.5. The second-order valence-corrected chi connectivity index (χ2v) is 9.10. The first-order chi connectivity index (χ1) is 15.2. The molecule has 0 unspecified atom stereocenters. The standard InChI is InChI=1S/C27H34N2O2/c30-26(28-16-4-5-17-28)13-12-22-8-10-24(11-9-22)20-25-14-18-29(19-15-25)27(31)21-23-6-2-1-3-7-23/h1-3,6-11,25H,4-5,12-21H2. The summed E-state index contributed by atoms with van der Waals surface area (Å²) in [6.45, 7) is 3.61. The molecule has 31 heavy (non-hydrogen) atoms. The van der Waals surface area contributed by atoms with Crippen LogP contribution in [0.2, 0.25) is 0 Å². The summed E-state index contributed by atoms with van der Waals surface area (Å²) in [5.41, 5.74) is 3.71. The quantitative estimate of drug-likeness (QED) is 0.674. The van der Waals surface area contributed by atoms with E-state index in [9.17, 15) is 9.59 Å². The molecular formula is C27H34N2O2. The Morgan fingerprint density at radius 3 is 2.00 bits per heavy atom. The van der Waals surface area contributed by atoms with Gasteiger partial charge in [-0.1, -0.05) is 54.6 Å². The van der Waals surface area contributed by atoms with Gasteiger partial charge in [0, 0.05) is 32.6 Å². The van der Waals surface area contributed by atoms with Crippen LogP contribution in [0.5, 0.6) is 0 Å². The Kier molecular flexibility index (Phi) is 7.39. The van der Waals surface area contributed by atoms with Gasteiger partial charge in [0.05, 0.1) is 6.42 Å². The number of rotatable bonds is 7. The molecule has 2 fully saturated rings. The molecular weight excluding hydrogens is 384 g/mol. The summed E-state index contributed by atoms with van der Waals surface area (Å²) in [5, 5.41) is 0. The topological polar surface area (TPSA) is 40.6 Å². The van der Waals surface area contributed by atoms with Gasteiger partial charge in [-0.15, -0.1) is 0 Å². The Labute approximate surface area is 186 Å². The van der Waals surface area contributed by atoms with Gasteiger partial charge in [0.2, 0.25) is 11.8 Å². The van der Waals surface area contributed by atoms with Crippen LogP contribution in [0.3, 0.4) is 0 Å². The Morgan fingerprint density at radius 1 is 0.710 bits per heavy atom. The van der Waals surface area contributed by atoms with Crippen LogP contribution in [0.25, 0.3) is 0 Å². The molecule has 2 aromatic carbocycles. The predicted octanol–water partition coefficient (Wildman–Crippen LogP) is 4.27. The van der Waals surface area contributed by atoms with Crippen LogP contribution in [-0.4, -0.2) is 47.8 Å². The van der Waals surface area contributed by atoms with Crippen molar-refractivity contribution >= 4 is 11.8 Å². The number of benzene rings is 2. The van der Waals surface area contributed by atoms with Crippen molar-refractivity contribution in [2.24, 2.45) is 5.92 Å². The molecule has 0 spiro atoms. The Hall–Kier alpha value is -2.62. The average Bonchev–Trinajstić information content (AvgIpc) is 3.35. The van der Waals surface area contributed by atoms with E-state index in [1.807, 2.05) is 40.1 Å². The fourth-order valence-electron chi connectivity index (χ4n) is 4.82. The lowest BCUT2D eigenvalue weighted by atomic mass is 9.89. The maximum absolute atomic E-state index is 12.6. The van der Waals surface area contributed by atoms with Gasteiger partial charge in [-0.05, 0) is 61.1 Å². The van der Waals surface area contributed by atoms with Crippen molar-refractivity contribution < 1.29 is 9.59 Å². The van der Waals surface area contributed by atoms with Crippen LogP contribution in [0.4, 0.5) is 0 Å². The summed E-state index contributed by atoms with van der Waals surface area (Å²) in [6.07, 6.45) is 7.49. The highest BCUT2D eigenvalue weighted by atomic mass is 16.2. The lowest BCUT2D eigenvalue weighted by molar-refractivity contribution is -0.132. The van der Waals surface area contributed by atoms with Crippen molar-refractivity contribution in [2.45, 2.75) is 51.4 Å². The van der Waals surface area contributed by atoms with E-state index in [-0.39, 0.29) is 5.91 Å². The second kappa shape index (κ2) is 10.6. The third kappa shape index (κ3) is 6.19. The van der Waals surface area contributed by atoms with Crippen molar-refractivity contribution in [3.8, 4) is 0 Å². The summed E-state index contributed by atoms with van der Waals surface area (Å²) in [6, 6.07) is 18.8. The molecule has 0 bridgehead atoms. The van der Waals surface area contributed by atoms with Crippen LogP contribution in [-0.2, 0) is 28.9 Å². The molecule has 164 valence electrons. The van der Waals surface area contributed by atoms with E-state index in [0.717, 1.165) is 70.3 Å². The molecule has 2 aromatic rings. The molecule has 0 atom stereocenters. The minimum absolute atomic E-state index is 0.248. The smallest absolute Gasteiger partial charge is 0.226 e. The van der Waals surface area contributed by atoms with E-state index >= 15 is 0 Å². The second-order valence-electron chi connectivity index (χ2n) is 9.10. The van der Waals surface area contributed by atoms with Crippen molar-refractivity contribution in [3.05, 3.63) is 71.3 Å². The Morgan fingerprint density at radius 2 is 1.32 bits per heavy atom. The number of carbonyl (C=O) groups excluding carboxylic acids is 2. The molecule has 0 aromatic heterocycles. The fourth-order valence-corrected chi connectivity index (χ4v) is 4.82. The summed E-state index contributed by atoms with van der Waals surface area (Å²) < 4.78 is 0. The van der Waals surface area contributed by atoms with Crippen LogP contribution >= 0.6 is 0 Å². The van der Waals surface area contributed by atoms with Gasteiger partial charge in [0.15, 0.2) is 0 Å². The minimum Gasteiger partial charge on any atom is -0.343 e. The SMILES string of the molecule is O=C(CCc1ccc(CC2CCN(C(=O)Cc3ccccc3)CC2)cc1)N1CCCC1. The maximum Gasteiger partial charge on any atom is 0.226 e. The van der Waals surface area contributed by atoms with E-state index in [2.05, 4.69) is 24.3 Å². The van der Waals surface area contributed by atoms with Crippen LogP contribution in [0.1, 0.15) is 48.8 Å². The number of hydrogen-bond donors (Lipinski definition) is 0. The lowest BCUT2D eigenvalue weighted by Crippen LogP contribution is -2.39. The van der Waals surface area contributed by atoms with Crippen LogP contribution in [0, 0.1) is 5.92 Å². The first-order valence-electron chi connectivity index (χ1n) is 11.8. The van der Waals surface area contributed by atoms with E-state index in [1.165, 1.54) is 11.1 Å². The molecule has 4 heteroatoms. The van der Waals surface area contributed by atoms with Crippen molar-refractivity contribution in [1.29, 1.82) is 0 Å². The first kappa shape index (κ1) is 21.6. The Balaban J connectivity index is 1.19. The van der Waals surface area contributed by atoms with Gasteiger partial charge in [-0.25, -0.2) is 0 Å². The summed E-state index contributed by atoms with van der Waals surface area (Å²) in [7, 11) is 0. The van der Waals surface area contributed by atoms with E-state index < -0.39 is 0 Å². The largest absolute Gasteiger partial charge is 0.343 e. The normalized spacial score (nSPS) is 17.2. The first-order valence-corrected chi connectivity index (χ1v) is 11.8. The molecule has 2 aliphatic rings. The molecule has 4 rings (SSSR count). The molecule has 0 radical (unpaired) electrons. The van der Waals surface area contributed by atoms with Crippen LogP contribution in [0.15, 0.2) is 54.6 Å². The van der Waals surface area contributed by atoms with Crippen molar-refractivity contribution in [3.63, 3.8) is 0 Å². The molecule has 4 nitrogen and oxygen atoms in total. The Bertz CT molecular complexity index is 849. The number of likely N-dealkylation sites (tertiary alicyclic amines) is 2. The number of aryl methyl sites for hydroxylation is 1. The van der Waals surface area contributed by atoms with Gasteiger partial charge in [0.25, 0.3) is 0 Å². The number of piperidine rings is 1. The molecule has 2 amide bonds. The third-order valence-corrected chi connectivity index (χ3v) is 6.80.